The van der Waals surface area contributed by atoms with Crippen LogP contribution in [0.4, 0.5) is 5.69 Å². The number of nitrogens with zero attached hydrogens (tertiary/aromatic N) is 1. The number of carbonyl (C=O) groups is 1. The van der Waals surface area contributed by atoms with Crippen LogP contribution in [0.2, 0.25) is 0 Å². The van der Waals surface area contributed by atoms with Crippen LogP contribution in [0.3, 0.4) is 0 Å². The Balaban J connectivity index is 2.06. The zero-order chi connectivity index (χ0) is 12.8. The summed E-state index contributed by atoms with van der Waals surface area (Å²) in [6.45, 7) is 5.09. The molecule has 0 bridgehead atoms. The van der Waals surface area contributed by atoms with Gasteiger partial charge in [0.25, 0.3) is 0 Å². The fraction of sp³-hybridized carbons (Fsp3) is 0.400. The van der Waals surface area contributed by atoms with Gasteiger partial charge in [0, 0.05) is 12.2 Å². The molecule has 2 rings (SSSR count). The van der Waals surface area contributed by atoms with Crippen molar-refractivity contribution < 1.29 is 4.79 Å². The van der Waals surface area contributed by atoms with Gasteiger partial charge in [-0.15, -0.1) is 0 Å². The first-order chi connectivity index (χ1) is 8.79. The molecule has 0 aliphatic carbocycles. The smallest absolute Gasteiger partial charge is 0.248 e. The highest BCUT2D eigenvalue weighted by Gasteiger charge is 2.13. The molecule has 1 aromatic rings. The molecular weight excluding hydrogens is 224 g/mol. The van der Waals surface area contributed by atoms with Crippen LogP contribution in [0.5, 0.6) is 0 Å². The van der Waals surface area contributed by atoms with Crippen LogP contribution in [0.1, 0.15) is 25.3 Å². The number of hydrogen-bond acceptors (Lipinski definition) is 2. The van der Waals surface area contributed by atoms with E-state index >= 15 is 0 Å². The van der Waals surface area contributed by atoms with Gasteiger partial charge in [0.15, 0.2) is 0 Å². The number of para-hydroxylation sites is 1. The number of likely N-dealkylation sites (tertiary alicyclic amines) is 1. The highest BCUT2D eigenvalue weighted by Crippen LogP contribution is 2.19. The molecule has 1 aromatic carbocycles. The lowest BCUT2D eigenvalue weighted by Gasteiger charge is -2.17. The number of allylic oxidation sites excluding steroid dienone is 1. The van der Waals surface area contributed by atoms with Gasteiger partial charge in [-0.1, -0.05) is 24.3 Å². The predicted molar refractivity (Wildman–Crippen MR) is 74.4 cm³/mol. The van der Waals surface area contributed by atoms with E-state index in [9.17, 15) is 4.79 Å². The summed E-state index contributed by atoms with van der Waals surface area (Å²) in [5.41, 5.74) is 2.12. The van der Waals surface area contributed by atoms with Crippen molar-refractivity contribution in [1.29, 1.82) is 0 Å². The number of benzene rings is 1. The molecule has 3 nitrogen and oxygen atoms in total. The van der Waals surface area contributed by atoms with Crippen LogP contribution in [0.15, 0.2) is 36.4 Å². The molecule has 0 atom stereocenters. The van der Waals surface area contributed by atoms with Crippen LogP contribution in [0, 0.1) is 0 Å². The van der Waals surface area contributed by atoms with E-state index in [0.29, 0.717) is 0 Å². The predicted octanol–water partition coefficient (Wildman–Crippen LogP) is 2.80. The Morgan fingerprint density at radius 2 is 2.06 bits per heavy atom. The van der Waals surface area contributed by atoms with E-state index < -0.39 is 0 Å². The van der Waals surface area contributed by atoms with E-state index in [1.165, 1.54) is 18.4 Å². The van der Waals surface area contributed by atoms with Gasteiger partial charge in [-0.05, 0) is 50.6 Å². The largest absolute Gasteiger partial charge is 0.322 e. The van der Waals surface area contributed by atoms with Gasteiger partial charge >= 0.3 is 0 Å². The Labute approximate surface area is 108 Å². The first-order valence-electron chi connectivity index (χ1n) is 6.53. The molecule has 96 valence electrons. The quantitative estimate of drug-likeness (QED) is 0.826. The van der Waals surface area contributed by atoms with Gasteiger partial charge in [-0.3, -0.25) is 9.69 Å². The third-order valence-corrected chi connectivity index (χ3v) is 3.19. The van der Waals surface area contributed by atoms with Gasteiger partial charge in [-0.25, -0.2) is 0 Å². The molecule has 18 heavy (non-hydrogen) atoms. The lowest BCUT2D eigenvalue weighted by Crippen LogP contribution is -2.20. The third kappa shape index (κ3) is 3.44. The van der Waals surface area contributed by atoms with Crippen molar-refractivity contribution in [2.75, 3.05) is 18.4 Å². The second-order valence-corrected chi connectivity index (χ2v) is 4.63. The van der Waals surface area contributed by atoms with Gasteiger partial charge in [0.05, 0.1) is 0 Å². The maximum Gasteiger partial charge on any atom is 0.248 e. The van der Waals surface area contributed by atoms with Crippen LogP contribution in [0.25, 0.3) is 0 Å². The van der Waals surface area contributed by atoms with Crippen molar-refractivity contribution in [3.63, 3.8) is 0 Å². The molecule has 3 heteroatoms. The van der Waals surface area contributed by atoms with Crippen molar-refractivity contribution in [2.24, 2.45) is 0 Å². The minimum absolute atomic E-state index is 0.0635. The van der Waals surface area contributed by atoms with Gasteiger partial charge < -0.3 is 5.32 Å². The first kappa shape index (κ1) is 12.8. The second-order valence-electron chi connectivity index (χ2n) is 4.63. The van der Waals surface area contributed by atoms with Crippen molar-refractivity contribution >= 4 is 11.6 Å². The molecule has 1 amide bonds. The number of rotatable bonds is 4. The summed E-state index contributed by atoms with van der Waals surface area (Å²) in [5, 5.41) is 2.93. The SMILES string of the molecule is CC=CC(=O)Nc1ccccc1CN1CCCC1. The van der Waals surface area contributed by atoms with E-state index in [0.717, 1.165) is 25.3 Å². The molecule has 0 saturated carbocycles. The molecule has 0 unspecified atom stereocenters. The maximum absolute atomic E-state index is 11.6. The summed E-state index contributed by atoms with van der Waals surface area (Å²) in [5.74, 6) is -0.0635. The van der Waals surface area contributed by atoms with Gasteiger partial charge in [0.1, 0.15) is 0 Å². The second kappa shape index (κ2) is 6.36. The van der Waals surface area contributed by atoms with E-state index in [-0.39, 0.29) is 5.91 Å². The zero-order valence-electron chi connectivity index (χ0n) is 10.9. The summed E-state index contributed by atoms with van der Waals surface area (Å²) in [7, 11) is 0. The summed E-state index contributed by atoms with van der Waals surface area (Å²) in [4.78, 5) is 14.0. The molecule has 1 aliphatic rings. The lowest BCUT2D eigenvalue weighted by molar-refractivity contribution is -0.111. The summed E-state index contributed by atoms with van der Waals surface area (Å²) in [6, 6.07) is 8.03. The molecule has 1 heterocycles. The monoisotopic (exact) mass is 244 g/mol. The Morgan fingerprint density at radius 3 is 2.78 bits per heavy atom. The topological polar surface area (TPSA) is 32.3 Å². The van der Waals surface area contributed by atoms with Crippen LogP contribution in [-0.4, -0.2) is 23.9 Å². The number of anilines is 1. The van der Waals surface area contributed by atoms with Crippen molar-refractivity contribution in [2.45, 2.75) is 26.3 Å². The van der Waals surface area contributed by atoms with E-state index in [1.54, 1.807) is 12.2 Å². The highest BCUT2D eigenvalue weighted by atomic mass is 16.1. The van der Waals surface area contributed by atoms with Gasteiger partial charge in [-0.2, -0.15) is 0 Å². The van der Waals surface area contributed by atoms with Gasteiger partial charge in [0.2, 0.25) is 5.91 Å². The fourth-order valence-electron chi connectivity index (χ4n) is 2.29. The number of nitrogens with one attached hydrogen (secondary N) is 1. The lowest BCUT2D eigenvalue weighted by atomic mass is 10.1. The molecule has 1 fully saturated rings. The van der Waals surface area contributed by atoms with Crippen molar-refractivity contribution in [3.8, 4) is 0 Å². The third-order valence-electron chi connectivity index (χ3n) is 3.19. The Morgan fingerprint density at radius 1 is 1.33 bits per heavy atom. The summed E-state index contributed by atoms with van der Waals surface area (Å²) in [6.07, 6.45) is 5.87. The average molecular weight is 244 g/mol. The molecule has 1 N–H and O–H groups in total. The Kier molecular flexibility index (Phi) is 4.53. The minimum Gasteiger partial charge on any atom is -0.322 e. The molecular formula is C15H20N2O. The molecule has 1 saturated heterocycles. The number of amides is 1. The maximum atomic E-state index is 11.6. The summed E-state index contributed by atoms with van der Waals surface area (Å²) >= 11 is 0. The highest BCUT2D eigenvalue weighted by molar-refractivity contribution is 5.99. The summed E-state index contributed by atoms with van der Waals surface area (Å²) < 4.78 is 0. The normalized spacial score (nSPS) is 16.3. The number of hydrogen-bond donors (Lipinski definition) is 1. The van der Waals surface area contributed by atoms with Crippen LogP contribution < -0.4 is 5.32 Å². The van der Waals surface area contributed by atoms with Crippen LogP contribution >= 0.6 is 0 Å². The van der Waals surface area contributed by atoms with E-state index in [2.05, 4.69) is 16.3 Å². The Hall–Kier alpha value is -1.61. The molecule has 0 spiro atoms. The molecule has 0 radical (unpaired) electrons. The van der Waals surface area contributed by atoms with Crippen LogP contribution in [-0.2, 0) is 11.3 Å². The zero-order valence-corrected chi connectivity index (χ0v) is 10.9. The van der Waals surface area contributed by atoms with E-state index in [1.807, 2.05) is 25.1 Å². The standard InChI is InChI=1S/C15H20N2O/c1-2-7-15(18)16-14-9-4-3-8-13(14)12-17-10-5-6-11-17/h2-4,7-9H,5-6,10-12H2,1H3,(H,16,18). The van der Waals surface area contributed by atoms with E-state index in [4.69, 9.17) is 0 Å². The molecule has 0 aromatic heterocycles. The molecule has 1 aliphatic heterocycles. The first-order valence-corrected chi connectivity index (χ1v) is 6.53. The van der Waals surface area contributed by atoms with Crippen molar-refractivity contribution in [1.82, 2.24) is 4.90 Å². The van der Waals surface area contributed by atoms with Crippen molar-refractivity contribution in [3.05, 3.63) is 42.0 Å². The Bertz CT molecular complexity index is 434. The number of carbonyl (C=O) groups excluding carboxylic acids is 1. The average Bonchev–Trinajstić information content (AvgIpc) is 2.85. The minimum atomic E-state index is -0.0635. The fourth-order valence-corrected chi connectivity index (χ4v) is 2.29.